The van der Waals surface area contributed by atoms with E-state index >= 15 is 0 Å². The summed E-state index contributed by atoms with van der Waals surface area (Å²) in [5.41, 5.74) is 2.02. The second-order valence-electron chi connectivity index (χ2n) is 9.71. The van der Waals surface area contributed by atoms with Gasteiger partial charge in [-0.2, -0.15) is 0 Å². The van der Waals surface area contributed by atoms with E-state index in [2.05, 4.69) is 5.32 Å². The number of likely N-dealkylation sites (tertiary alicyclic amines) is 1. The van der Waals surface area contributed by atoms with Crippen LogP contribution in [0.5, 0.6) is 0 Å². The Balaban J connectivity index is 1.32. The molecule has 1 aliphatic heterocycles. The van der Waals surface area contributed by atoms with Crippen molar-refractivity contribution in [1.82, 2.24) is 4.90 Å². The summed E-state index contributed by atoms with van der Waals surface area (Å²) in [6.45, 7) is 1.23. The number of halogens is 1. The van der Waals surface area contributed by atoms with Gasteiger partial charge in [-0.15, -0.1) is 0 Å². The molecule has 0 unspecified atom stereocenters. The van der Waals surface area contributed by atoms with Crippen LogP contribution in [0.3, 0.4) is 0 Å². The molecule has 8 heteroatoms. The highest BCUT2D eigenvalue weighted by molar-refractivity contribution is 6.31. The molecule has 3 amide bonds. The molecule has 3 fully saturated rings. The number of nitrogens with zero attached hydrogens (tertiary/aromatic N) is 1. The fourth-order valence-corrected chi connectivity index (χ4v) is 6.19. The summed E-state index contributed by atoms with van der Waals surface area (Å²) in [5, 5.41) is 3.19. The van der Waals surface area contributed by atoms with Crippen molar-refractivity contribution in [1.29, 1.82) is 0 Å². The highest BCUT2D eigenvalue weighted by Gasteiger charge is 2.62. The number of fused-ring (bicyclic) bond motifs is 5. The highest BCUT2D eigenvalue weighted by Crippen LogP contribution is 2.56. The Kier molecular flexibility index (Phi) is 6.36. The van der Waals surface area contributed by atoms with Gasteiger partial charge in [0.05, 0.1) is 11.8 Å². The van der Waals surface area contributed by atoms with Gasteiger partial charge in [-0.1, -0.05) is 48.0 Å². The van der Waals surface area contributed by atoms with Crippen molar-refractivity contribution in [3.05, 3.63) is 64.7 Å². The van der Waals surface area contributed by atoms with E-state index in [1.165, 1.54) is 0 Å². The van der Waals surface area contributed by atoms with E-state index in [9.17, 15) is 19.2 Å². The Morgan fingerprint density at radius 2 is 1.69 bits per heavy atom. The van der Waals surface area contributed by atoms with Crippen LogP contribution in [0.25, 0.3) is 0 Å². The summed E-state index contributed by atoms with van der Waals surface area (Å²) >= 11 is 6.10. The molecular weight excluding hydrogens is 468 g/mol. The molecule has 0 radical (unpaired) electrons. The average Bonchev–Trinajstić information content (AvgIpc) is 3.53. The maximum atomic E-state index is 13.4. The number of carbonyl (C=O) groups excluding carboxylic acids is 4. The van der Waals surface area contributed by atoms with Crippen molar-refractivity contribution in [3.8, 4) is 0 Å². The van der Waals surface area contributed by atoms with Crippen LogP contribution in [-0.4, -0.2) is 41.2 Å². The van der Waals surface area contributed by atoms with E-state index in [-0.39, 0.29) is 41.9 Å². The van der Waals surface area contributed by atoms with Gasteiger partial charge < -0.3 is 10.1 Å². The molecule has 5 rings (SSSR count). The van der Waals surface area contributed by atoms with Crippen LogP contribution in [0.1, 0.15) is 30.4 Å². The zero-order chi connectivity index (χ0) is 24.7. The van der Waals surface area contributed by atoms with Crippen LogP contribution >= 0.6 is 11.6 Å². The van der Waals surface area contributed by atoms with Crippen molar-refractivity contribution in [2.75, 3.05) is 11.9 Å². The number of ether oxygens (including phenoxy) is 1. The molecule has 5 atom stereocenters. The molecule has 7 nitrogen and oxygen atoms in total. The van der Waals surface area contributed by atoms with Crippen LogP contribution in [-0.2, 0) is 30.3 Å². The van der Waals surface area contributed by atoms with E-state index in [1.54, 1.807) is 25.1 Å². The van der Waals surface area contributed by atoms with Gasteiger partial charge in [0.1, 0.15) is 6.04 Å². The number of hydrogen-bond acceptors (Lipinski definition) is 5. The molecule has 35 heavy (non-hydrogen) atoms. The van der Waals surface area contributed by atoms with E-state index in [1.807, 2.05) is 30.3 Å². The highest BCUT2D eigenvalue weighted by atomic mass is 35.5. The predicted octanol–water partition coefficient (Wildman–Crippen LogP) is 3.77. The van der Waals surface area contributed by atoms with Crippen molar-refractivity contribution in [2.24, 2.45) is 23.7 Å². The molecule has 1 heterocycles. The Hall–Kier alpha value is -3.19. The summed E-state index contributed by atoms with van der Waals surface area (Å²) in [6, 6.07) is 13.2. The molecule has 2 aromatic carbocycles. The van der Waals surface area contributed by atoms with Gasteiger partial charge >= 0.3 is 5.97 Å². The molecule has 2 aliphatic carbocycles. The molecule has 2 aromatic rings. The number of nitrogens with one attached hydrogen (secondary N) is 1. The standard InChI is InChI=1S/C27H27ClN2O5/c1-15-19(28)8-5-9-20(15)29-22(31)14-35-27(34)21(12-16-6-3-2-4-7-16)30-25(32)23-17-10-11-18(13-17)24(23)26(30)33/h2-9,17-18,21,23-24H,10-14H2,1H3,(H,29,31)/t17-,18-,21-,23+,24+/m0/s1. The second-order valence-corrected chi connectivity index (χ2v) is 10.1. The van der Waals surface area contributed by atoms with Crippen LogP contribution in [0.2, 0.25) is 5.02 Å². The zero-order valence-corrected chi connectivity index (χ0v) is 20.2. The summed E-state index contributed by atoms with van der Waals surface area (Å²) in [7, 11) is 0. The minimum absolute atomic E-state index is 0.140. The summed E-state index contributed by atoms with van der Waals surface area (Å²) in [5.74, 6) is -2.08. The normalized spacial score (nSPS) is 25.5. The van der Waals surface area contributed by atoms with Gasteiger partial charge in [-0.25, -0.2) is 4.79 Å². The summed E-state index contributed by atoms with van der Waals surface area (Å²) in [4.78, 5) is 53.6. The van der Waals surface area contributed by atoms with E-state index in [0.717, 1.165) is 29.7 Å². The first-order valence-electron chi connectivity index (χ1n) is 12.0. The van der Waals surface area contributed by atoms with Crippen LogP contribution in [0.15, 0.2) is 48.5 Å². The molecule has 2 saturated carbocycles. The lowest BCUT2D eigenvalue weighted by molar-refractivity contribution is -0.160. The first-order valence-corrected chi connectivity index (χ1v) is 12.4. The molecule has 0 aromatic heterocycles. The zero-order valence-electron chi connectivity index (χ0n) is 19.4. The van der Waals surface area contributed by atoms with Crippen molar-refractivity contribution >= 4 is 41.0 Å². The molecule has 1 N–H and O–H groups in total. The Bertz CT molecular complexity index is 1160. The van der Waals surface area contributed by atoms with E-state index < -0.39 is 24.5 Å². The molecular formula is C27H27ClN2O5. The predicted molar refractivity (Wildman–Crippen MR) is 129 cm³/mol. The molecule has 3 aliphatic rings. The molecule has 182 valence electrons. The number of carbonyl (C=O) groups is 4. The van der Waals surface area contributed by atoms with Crippen molar-refractivity contribution < 1.29 is 23.9 Å². The quantitative estimate of drug-likeness (QED) is 0.467. The fraction of sp³-hybridized carbons (Fsp3) is 0.407. The number of benzene rings is 2. The van der Waals surface area contributed by atoms with Gasteiger partial charge in [-0.05, 0) is 61.3 Å². The van der Waals surface area contributed by atoms with E-state index in [0.29, 0.717) is 16.3 Å². The summed E-state index contributed by atoms with van der Waals surface area (Å²) in [6.07, 6.45) is 2.96. The third kappa shape index (κ3) is 4.33. The number of hydrogen-bond donors (Lipinski definition) is 1. The molecule has 1 saturated heterocycles. The lowest BCUT2D eigenvalue weighted by atomic mass is 9.81. The lowest BCUT2D eigenvalue weighted by Gasteiger charge is -2.26. The van der Waals surface area contributed by atoms with Gasteiger partial charge in [0.15, 0.2) is 6.61 Å². The van der Waals surface area contributed by atoms with Crippen molar-refractivity contribution in [2.45, 2.75) is 38.6 Å². The Morgan fingerprint density at radius 3 is 2.34 bits per heavy atom. The fourth-order valence-electron chi connectivity index (χ4n) is 6.02. The monoisotopic (exact) mass is 494 g/mol. The average molecular weight is 495 g/mol. The lowest BCUT2D eigenvalue weighted by Crippen LogP contribution is -2.48. The SMILES string of the molecule is Cc1c(Cl)cccc1NC(=O)COC(=O)[C@H](Cc1ccccc1)N1C(=O)[C@@H]2[C@H]3CC[C@@H](C3)[C@H]2C1=O. The van der Waals surface area contributed by atoms with Crippen LogP contribution in [0, 0.1) is 30.6 Å². The largest absolute Gasteiger partial charge is 0.454 e. The number of esters is 1. The van der Waals surface area contributed by atoms with Gasteiger partial charge in [0.25, 0.3) is 5.91 Å². The third-order valence-electron chi connectivity index (χ3n) is 7.70. The van der Waals surface area contributed by atoms with Crippen LogP contribution in [0.4, 0.5) is 5.69 Å². The van der Waals surface area contributed by atoms with Gasteiger partial charge in [-0.3, -0.25) is 19.3 Å². The number of imide groups is 1. The van der Waals surface area contributed by atoms with Crippen LogP contribution < -0.4 is 5.32 Å². The smallest absolute Gasteiger partial charge is 0.330 e. The van der Waals surface area contributed by atoms with Gasteiger partial charge in [0.2, 0.25) is 11.8 Å². The maximum absolute atomic E-state index is 13.4. The topological polar surface area (TPSA) is 92.8 Å². The number of anilines is 1. The minimum atomic E-state index is -1.11. The molecule has 0 spiro atoms. The maximum Gasteiger partial charge on any atom is 0.330 e. The van der Waals surface area contributed by atoms with Gasteiger partial charge in [0, 0.05) is 17.1 Å². The first kappa shape index (κ1) is 23.5. The number of rotatable bonds is 7. The third-order valence-corrected chi connectivity index (χ3v) is 8.11. The molecule has 2 bridgehead atoms. The van der Waals surface area contributed by atoms with Crippen molar-refractivity contribution in [3.63, 3.8) is 0 Å². The minimum Gasteiger partial charge on any atom is -0.454 e. The second kappa shape index (κ2) is 9.46. The summed E-state index contributed by atoms with van der Waals surface area (Å²) < 4.78 is 5.35. The first-order chi connectivity index (χ1) is 16.8. The Morgan fingerprint density at radius 1 is 1.03 bits per heavy atom. The number of amides is 3. The Labute approximate surface area is 208 Å². The van der Waals surface area contributed by atoms with E-state index in [4.69, 9.17) is 16.3 Å².